The number of amides is 1. The molecule has 8 heteroatoms. The van der Waals surface area contributed by atoms with Crippen LogP contribution in [-0.4, -0.2) is 29.5 Å². The Bertz CT molecular complexity index is 1070. The van der Waals surface area contributed by atoms with Crippen molar-refractivity contribution < 1.29 is 22.7 Å². The number of halogens is 2. The molecule has 0 bridgehead atoms. The van der Waals surface area contributed by atoms with Crippen LogP contribution >= 0.6 is 11.8 Å². The molecule has 154 valence electrons. The minimum absolute atomic E-state index is 0.0294. The second-order valence-corrected chi connectivity index (χ2v) is 7.66. The quantitative estimate of drug-likeness (QED) is 0.517. The molecule has 0 spiro atoms. The van der Waals surface area contributed by atoms with E-state index in [0.717, 1.165) is 40.9 Å². The number of hydrogen-bond acceptors (Lipinski definition) is 5. The predicted octanol–water partition coefficient (Wildman–Crippen LogP) is 5.04. The fourth-order valence-corrected chi connectivity index (χ4v) is 3.95. The molecule has 0 saturated heterocycles. The number of carbonyl (C=O) groups is 1. The van der Waals surface area contributed by atoms with Crippen molar-refractivity contribution in [2.75, 3.05) is 12.9 Å². The predicted molar refractivity (Wildman–Crippen MR) is 110 cm³/mol. The molecule has 0 N–H and O–H groups in total. The third kappa shape index (κ3) is 4.23. The van der Waals surface area contributed by atoms with Crippen LogP contribution in [0, 0.1) is 11.6 Å². The average Bonchev–Trinajstić information content (AvgIpc) is 3.44. The summed E-state index contributed by atoms with van der Waals surface area (Å²) in [7, 11) is 1.60. The first kappa shape index (κ1) is 20.2. The van der Waals surface area contributed by atoms with Crippen LogP contribution in [0.2, 0.25) is 0 Å². The average molecular weight is 428 g/mol. The Hall–Kier alpha value is -3.13. The van der Waals surface area contributed by atoms with Crippen LogP contribution in [-0.2, 0) is 4.79 Å². The summed E-state index contributed by atoms with van der Waals surface area (Å²) in [5, 5.41) is 5.96. The molecule has 0 saturated carbocycles. The van der Waals surface area contributed by atoms with Crippen LogP contribution in [0.4, 0.5) is 8.78 Å². The van der Waals surface area contributed by atoms with Gasteiger partial charge in [-0.3, -0.25) is 4.79 Å². The Kier molecular flexibility index (Phi) is 5.85. The van der Waals surface area contributed by atoms with Crippen LogP contribution in [0.15, 0.2) is 75.3 Å². The van der Waals surface area contributed by atoms with Crippen molar-refractivity contribution in [3.05, 3.63) is 83.8 Å². The fraction of sp³-hybridized carbons (Fsp3) is 0.182. The molecule has 0 aliphatic carbocycles. The lowest BCUT2D eigenvalue weighted by Gasteiger charge is -2.19. The van der Waals surface area contributed by atoms with Gasteiger partial charge in [-0.05, 0) is 60.2 Å². The molecule has 2 heterocycles. The van der Waals surface area contributed by atoms with E-state index in [1.165, 1.54) is 11.1 Å². The molecule has 1 aromatic heterocycles. The summed E-state index contributed by atoms with van der Waals surface area (Å²) in [6.45, 7) is 0. The van der Waals surface area contributed by atoms with Gasteiger partial charge in [0.15, 0.2) is 11.6 Å². The van der Waals surface area contributed by atoms with Crippen LogP contribution in [0.3, 0.4) is 0 Å². The second kappa shape index (κ2) is 8.71. The van der Waals surface area contributed by atoms with Gasteiger partial charge in [0.1, 0.15) is 17.6 Å². The standard InChI is InChI=1S/C22H18F2N2O3S/c1-28-15-6-4-14(5-7-15)19-12-20(21-3-2-10-29-21)26(25-19)22(27)13-30-16-8-9-17(23)18(24)11-16/h2-11,20H,12-13H2,1H3. The summed E-state index contributed by atoms with van der Waals surface area (Å²) >= 11 is 1.13. The summed E-state index contributed by atoms with van der Waals surface area (Å²) in [6.07, 6.45) is 2.06. The number of hydrogen-bond donors (Lipinski definition) is 0. The Labute approximate surface area is 176 Å². The maximum absolute atomic E-state index is 13.4. The summed E-state index contributed by atoms with van der Waals surface area (Å²) in [5.74, 6) is -0.723. The number of hydrazone groups is 1. The molecule has 4 rings (SSSR count). The van der Waals surface area contributed by atoms with E-state index in [1.807, 2.05) is 24.3 Å². The molecule has 30 heavy (non-hydrogen) atoms. The molecule has 5 nitrogen and oxygen atoms in total. The number of ether oxygens (including phenoxy) is 1. The lowest BCUT2D eigenvalue weighted by molar-refractivity contribution is -0.130. The van der Waals surface area contributed by atoms with E-state index in [4.69, 9.17) is 9.15 Å². The van der Waals surface area contributed by atoms with Crippen molar-refractivity contribution in [2.24, 2.45) is 5.10 Å². The van der Waals surface area contributed by atoms with E-state index in [1.54, 1.807) is 25.5 Å². The van der Waals surface area contributed by atoms with Crippen molar-refractivity contribution in [1.29, 1.82) is 0 Å². The van der Waals surface area contributed by atoms with Crippen LogP contribution in [0.25, 0.3) is 0 Å². The van der Waals surface area contributed by atoms with Gasteiger partial charge >= 0.3 is 0 Å². The monoisotopic (exact) mass is 428 g/mol. The fourth-order valence-electron chi connectivity index (χ4n) is 3.18. The van der Waals surface area contributed by atoms with Crippen molar-refractivity contribution in [2.45, 2.75) is 17.4 Å². The molecule has 3 aromatic rings. The normalized spacial score (nSPS) is 15.9. The van der Waals surface area contributed by atoms with Gasteiger partial charge in [-0.25, -0.2) is 13.8 Å². The molecule has 1 aliphatic heterocycles. The number of rotatable bonds is 6. The van der Waals surface area contributed by atoms with Crippen molar-refractivity contribution in [3.63, 3.8) is 0 Å². The van der Waals surface area contributed by atoms with E-state index < -0.39 is 11.6 Å². The van der Waals surface area contributed by atoms with Crippen LogP contribution in [0.5, 0.6) is 5.75 Å². The molecular formula is C22H18F2N2O3S. The number of methoxy groups -OCH3 is 1. The number of benzene rings is 2. The van der Waals surface area contributed by atoms with Gasteiger partial charge in [0.2, 0.25) is 0 Å². The molecular weight excluding hydrogens is 410 g/mol. The van der Waals surface area contributed by atoms with Crippen LogP contribution < -0.4 is 4.74 Å². The third-order valence-electron chi connectivity index (χ3n) is 4.71. The highest BCUT2D eigenvalue weighted by molar-refractivity contribution is 8.00. The number of furan rings is 1. The van der Waals surface area contributed by atoms with E-state index in [9.17, 15) is 13.6 Å². The van der Waals surface area contributed by atoms with Gasteiger partial charge in [-0.2, -0.15) is 5.10 Å². The Morgan fingerprint density at radius 3 is 2.67 bits per heavy atom. The van der Waals surface area contributed by atoms with Gasteiger partial charge in [0, 0.05) is 11.3 Å². The van der Waals surface area contributed by atoms with Crippen molar-refractivity contribution in [3.8, 4) is 5.75 Å². The SMILES string of the molecule is COc1ccc(C2=NN(C(=O)CSc3ccc(F)c(F)c3)C(c3ccco3)C2)cc1. The summed E-state index contributed by atoms with van der Waals surface area (Å²) in [5.41, 5.74) is 1.64. The largest absolute Gasteiger partial charge is 0.497 e. The smallest absolute Gasteiger partial charge is 0.253 e. The van der Waals surface area contributed by atoms with Crippen LogP contribution in [0.1, 0.15) is 23.8 Å². The van der Waals surface area contributed by atoms with Crippen molar-refractivity contribution >= 4 is 23.4 Å². The van der Waals surface area contributed by atoms with Gasteiger partial charge in [-0.1, -0.05) is 0 Å². The maximum Gasteiger partial charge on any atom is 0.253 e. The topological polar surface area (TPSA) is 55.0 Å². The summed E-state index contributed by atoms with van der Waals surface area (Å²) in [6, 6.07) is 14.2. The molecule has 0 fully saturated rings. The van der Waals surface area contributed by atoms with E-state index in [0.29, 0.717) is 17.1 Å². The zero-order valence-corrected chi connectivity index (χ0v) is 16.9. The minimum atomic E-state index is -0.943. The van der Waals surface area contributed by atoms with E-state index in [-0.39, 0.29) is 17.7 Å². The highest BCUT2D eigenvalue weighted by Gasteiger charge is 2.34. The third-order valence-corrected chi connectivity index (χ3v) is 5.69. The molecule has 1 aliphatic rings. The first-order valence-electron chi connectivity index (χ1n) is 9.20. The highest BCUT2D eigenvalue weighted by Crippen LogP contribution is 2.34. The maximum atomic E-state index is 13.4. The first-order valence-corrected chi connectivity index (χ1v) is 10.2. The van der Waals surface area contributed by atoms with E-state index in [2.05, 4.69) is 5.10 Å². The zero-order valence-electron chi connectivity index (χ0n) is 16.0. The summed E-state index contributed by atoms with van der Waals surface area (Å²) < 4.78 is 37.2. The number of carbonyl (C=O) groups excluding carboxylic acids is 1. The summed E-state index contributed by atoms with van der Waals surface area (Å²) in [4.78, 5) is 13.4. The first-order chi connectivity index (χ1) is 14.5. The van der Waals surface area contributed by atoms with Gasteiger partial charge in [0.25, 0.3) is 5.91 Å². The molecule has 1 atom stereocenters. The highest BCUT2D eigenvalue weighted by atomic mass is 32.2. The minimum Gasteiger partial charge on any atom is -0.497 e. The Balaban J connectivity index is 1.54. The molecule has 0 radical (unpaired) electrons. The van der Waals surface area contributed by atoms with Gasteiger partial charge in [-0.15, -0.1) is 11.8 Å². The lowest BCUT2D eigenvalue weighted by Crippen LogP contribution is -2.28. The second-order valence-electron chi connectivity index (χ2n) is 6.61. The molecule has 1 unspecified atom stereocenters. The van der Waals surface area contributed by atoms with Crippen molar-refractivity contribution in [1.82, 2.24) is 5.01 Å². The number of nitrogens with zero attached hydrogens (tertiary/aromatic N) is 2. The Morgan fingerprint density at radius 1 is 1.20 bits per heavy atom. The molecule has 2 aromatic carbocycles. The lowest BCUT2D eigenvalue weighted by atomic mass is 10.0. The van der Waals surface area contributed by atoms with Gasteiger partial charge < -0.3 is 9.15 Å². The zero-order chi connectivity index (χ0) is 21.1. The van der Waals surface area contributed by atoms with Gasteiger partial charge in [0.05, 0.1) is 24.8 Å². The van der Waals surface area contributed by atoms with E-state index >= 15 is 0 Å². The Morgan fingerprint density at radius 2 is 2.00 bits per heavy atom. The number of thioether (sulfide) groups is 1. The molecule has 1 amide bonds.